The molecular weight excluding hydrogens is 220 g/mol. The van der Waals surface area contributed by atoms with E-state index in [9.17, 15) is 0 Å². The number of halogens is 1. The van der Waals surface area contributed by atoms with Crippen molar-refractivity contribution in [1.29, 1.82) is 0 Å². The number of ether oxygens (including phenoxy) is 1. The standard InChI is InChI=1S/C14H19ClO/c1-10(2)7-11-3-4-12-5-6-16-9-14(15)13(12)8-11/h3-4,8,10,14H,5-7,9H2,1-2H3. The van der Waals surface area contributed by atoms with Gasteiger partial charge in [0, 0.05) is 0 Å². The van der Waals surface area contributed by atoms with E-state index in [4.69, 9.17) is 16.3 Å². The van der Waals surface area contributed by atoms with Crippen LogP contribution < -0.4 is 0 Å². The van der Waals surface area contributed by atoms with Crippen molar-refractivity contribution in [2.45, 2.75) is 32.1 Å². The zero-order valence-electron chi connectivity index (χ0n) is 10.0. The molecule has 88 valence electrons. The smallest absolute Gasteiger partial charge is 0.0821 e. The van der Waals surface area contributed by atoms with Crippen molar-refractivity contribution < 1.29 is 4.74 Å². The highest BCUT2D eigenvalue weighted by Crippen LogP contribution is 2.29. The van der Waals surface area contributed by atoms with E-state index >= 15 is 0 Å². The van der Waals surface area contributed by atoms with Gasteiger partial charge in [0.2, 0.25) is 0 Å². The van der Waals surface area contributed by atoms with E-state index in [0.717, 1.165) is 19.4 Å². The Morgan fingerprint density at radius 2 is 2.25 bits per heavy atom. The van der Waals surface area contributed by atoms with Gasteiger partial charge < -0.3 is 4.74 Å². The molecule has 1 atom stereocenters. The van der Waals surface area contributed by atoms with Gasteiger partial charge in [0.1, 0.15) is 0 Å². The van der Waals surface area contributed by atoms with Crippen LogP contribution in [-0.4, -0.2) is 13.2 Å². The molecule has 0 radical (unpaired) electrons. The van der Waals surface area contributed by atoms with E-state index in [-0.39, 0.29) is 5.38 Å². The van der Waals surface area contributed by atoms with Gasteiger partial charge in [-0.15, -0.1) is 11.6 Å². The van der Waals surface area contributed by atoms with Gasteiger partial charge in [0.25, 0.3) is 0 Å². The van der Waals surface area contributed by atoms with Crippen LogP contribution in [0, 0.1) is 5.92 Å². The van der Waals surface area contributed by atoms with Crippen molar-refractivity contribution in [3.63, 3.8) is 0 Å². The van der Waals surface area contributed by atoms with Gasteiger partial charge in [-0.25, -0.2) is 0 Å². The van der Waals surface area contributed by atoms with Crippen LogP contribution in [0.4, 0.5) is 0 Å². The van der Waals surface area contributed by atoms with E-state index in [0.29, 0.717) is 12.5 Å². The maximum atomic E-state index is 6.34. The molecule has 0 saturated heterocycles. The van der Waals surface area contributed by atoms with Gasteiger partial charge in [-0.3, -0.25) is 0 Å². The fraction of sp³-hybridized carbons (Fsp3) is 0.571. The molecule has 0 bridgehead atoms. The number of hydrogen-bond donors (Lipinski definition) is 0. The zero-order valence-corrected chi connectivity index (χ0v) is 10.8. The lowest BCUT2D eigenvalue weighted by atomic mass is 9.95. The van der Waals surface area contributed by atoms with Crippen LogP contribution in [0.2, 0.25) is 0 Å². The van der Waals surface area contributed by atoms with Crippen LogP contribution in [0.5, 0.6) is 0 Å². The Morgan fingerprint density at radius 1 is 1.44 bits per heavy atom. The Morgan fingerprint density at radius 3 is 3.00 bits per heavy atom. The molecule has 2 heteroatoms. The summed E-state index contributed by atoms with van der Waals surface area (Å²) in [5.74, 6) is 0.689. The Labute approximate surface area is 103 Å². The molecule has 1 aliphatic rings. The molecular formula is C14H19ClO. The number of fused-ring (bicyclic) bond motifs is 1. The van der Waals surface area contributed by atoms with E-state index in [1.807, 2.05) is 0 Å². The Hall–Kier alpha value is -0.530. The molecule has 0 amide bonds. The second-order valence-electron chi connectivity index (χ2n) is 4.92. The molecule has 0 spiro atoms. The lowest BCUT2D eigenvalue weighted by Crippen LogP contribution is -2.01. The summed E-state index contributed by atoms with van der Waals surface area (Å²) in [5, 5.41) is 0.0182. The number of alkyl halides is 1. The van der Waals surface area contributed by atoms with Crippen LogP contribution >= 0.6 is 11.6 Å². The zero-order chi connectivity index (χ0) is 11.5. The van der Waals surface area contributed by atoms with Crippen LogP contribution in [0.3, 0.4) is 0 Å². The third-order valence-corrected chi connectivity index (χ3v) is 3.33. The average Bonchev–Trinajstić information content (AvgIpc) is 2.41. The number of rotatable bonds is 2. The Bertz CT molecular complexity index is 360. The normalized spacial score (nSPS) is 20.6. The van der Waals surface area contributed by atoms with Gasteiger partial charge in [0.05, 0.1) is 18.6 Å². The summed E-state index contributed by atoms with van der Waals surface area (Å²) in [5.41, 5.74) is 4.02. The summed E-state index contributed by atoms with van der Waals surface area (Å²) in [6, 6.07) is 6.71. The first kappa shape index (κ1) is 11.9. The molecule has 1 aliphatic heterocycles. The minimum Gasteiger partial charge on any atom is -0.379 e. The summed E-state index contributed by atoms with van der Waals surface area (Å²) in [6.45, 7) is 5.92. The third-order valence-electron chi connectivity index (χ3n) is 2.97. The average molecular weight is 239 g/mol. The first-order chi connectivity index (χ1) is 7.66. The molecule has 1 aromatic carbocycles. The summed E-state index contributed by atoms with van der Waals surface area (Å²) in [6.07, 6.45) is 2.11. The molecule has 1 unspecified atom stereocenters. The second-order valence-corrected chi connectivity index (χ2v) is 5.45. The highest BCUT2D eigenvalue weighted by molar-refractivity contribution is 6.21. The fourth-order valence-corrected chi connectivity index (χ4v) is 2.51. The lowest BCUT2D eigenvalue weighted by molar-refractivity contribution is 0.143. The highest BCUT2D eigenvalue weighted by atomic mass is 35.5. The van der Waals surface area contributed by atoms with Crippen molar-refractivity contribution in [3.05, 3.63) is 34.9 Å². The number of hydrogen-bond acceptors (Lipinski definition) is 1. The maximum Gasteiger partial charge on any atom is 0.0821 e. The van der Waals surface area contributed by atoms with Gasteiger partial charge in [-0.1, -0.05) is 32.0 Å². The maximum absolute atomic E-state index is 6.34. The van der Waals surface area contributed by atoms with Gasteiger partial charge >= 0.3 is 0 Å². The molecule has 1 aromatic rings. The van der Waals surface area contributed by atoms with E-state index < -0.39 is 0 Å². The monoisotopic (exact) mass is 238 g/mol. The van der Waals surface area contributed by atoms with Crippen molar-refractivity contribution in [3.8, 4) is 0 Å². The first-order valence-electron chi connectivity index (χ1n) is 6.00. The molecule has 0 aromatic heterocycles. The van der Waals surface area contributed by atoms with Gasteiger partial charge in [-0.05, 0) is 35.4 Å². The van der Waals surface area contributed by atoms with Crippen molar-refractivity contribution in [2.24, 2.45) is 5.92 Å². The SMILES string of the molecule is CC(C)Cc1ccc2c(c1)C(Cl)COCC2. The minimum absolute atomic E-state index is 0.0182. The highest BCUT2D eigenvalue weighted by Gasteiger charge is 2.17. The van der Waals surface area contributed by atoms with Gasteiger partial charge in [0.15, 0.2) is 0 Å². The minimum atomic E-state index is 0.0182. The van der Waals surface area contributed by atoms with E-state index in [1.54, 1.807) is 0 Å². The van der Waals surface area contributed by atoms with Crippen molar-refractivity contribution in [1.82, 2.24) is 0 Å². The summed E-state index contributed by atoms with van der Waals surface area (Å²) in [7, 11) is 0. The van der Waals surface area contributed by atoms with Crippen molar-refractivity contribution in [2.75, 3.05) is 13.2 Å². The lowest BCUT2D eigenvalue weighted by Gasteiger charge is -2.13. The quantitative estimate of drug-likeness (QED) is 0.714. The molecule has 0 aliphatic carbocycles. The van der Waals surface area contributed by atoms with Crippen LogP contribution in [0.1, 0.15) is 35.9 Å². The molecule has 2 rings (SSSR count). The largest absolute Gasteiger partial charge is 0.379 e. The van der Waals surface area contributed by atoms with Crippen molar-refractivity contribution >= 4 is 11.6 Å². The van der Waals surface area contributed by atoms with Crippen LogP contribution in [0.25, 0.3) is 0 Å². The fourth-order valence-electron chi connectivity index (χ4n) is 2.22. The predicted octanol–water partition coefficient (Wildman–Crippen LogP) is 3.74. The topological polar surface area (TPSA) is 9.23 Å². The molecule has 16 heavy (non-hydrogen) atoms. The van der Waals surface area contributed by atoms with Gasteiger partial charge in [-0.2, -0.15) is 0 Å². The number of benzene rings is 1. The molecule has 0 fully saturated rings. The molecule has 0 saturated carbocycles. The summed E-state index contributed by atoms with van der Waals surface area (Å²) < 4.78 is 5.48. The molecule has 1 heterocycles. The first-order valence-corrected chi connectivity index (χ1v) is 6.44. The van der Waals surface area contributed by atoms with E-state index in [1.165, 1.54) is 16.7 Å². The molecule has 0 N–H and O–H groups in total. The van der Waals surface area contributed by atoms with Crippen LogP contribution in [-0.2, 0) is 17.6 Å². The Balaban J connectivity index is 2.28. The predicted molar refractivity (Wildman–Crippen MR) is 68.1 cm³/mol. The summed E-state index contributed by atoms with van der Waals surface area (Å²) >= 11 is 6.34. The summed E-state index contributed by atoms with van der Waals surface area (Å²) in [4.78, 5) is 0. The Kier molecular flexibility index (Phi) is 3.88. The van der Waals surface area contributed by atoms with E-state index in [2.05, 4.69) is 32.0 Å². The second kappa shape index (κ2) is 5.20. The third kappa shape index (κ3) is 2.78. The van der Waals surface area contributed by atoms with Crippen LogP contribution in [0.15, 0.2) is 18.2 Å². The molecule has 1 nitrogen and oxygen atoms in total.